The van der Waals surface area contributed by atoms with E-state index in [9.17, 15) is 0 Å². The van der Waals surface area contributed by atoms with Gasteiger partial charge in [-0.1, -0.05) is 13.3 Å². The molecule has 0 aromatic carbocycles. The van der Waals surface area contributed by atoms with Gasteiger partial charge in [0.25, 0.3) is 0 Å². The fourth-order valence-corrected chi connectivity index (χ4v) is 1.41. The maximum absolute atomic E-state index is 5.42. The Kier molecular flexibility index (Phi) is 21.2. The molecule has 0 rings (SSSR count). The van der Waals surface area contributed by atoms with Crippen LogP contribution in [0.3, 0.4) is 0 Å². The molecule has 0 saturated carbocycles. The zero-order chi connectivity index (χ0) is 14.6. The molecule has 0 saturated heterocycles. The summed E-state index contributed by atoms with van der Waals surface area (Å²) in [7, 11) is 11.6. The van der Waals surface area contributed by atoms with Gasteiger partial charge in [-0.25, -0.2) is 0 Å². The van der Waals surface area contributed by atoms with E-state index in [4.69, 9.17) is 9.47 Å². The predicted octanol–water partition coefficient (Wildman–Crippen LogP) is -1.24. The van der Waals surface area contributed by atoms with Gasteiger partial charge in [-0.3, -0.25) is 0 Å². The Bertz CT molecular complexity index is 152. The first-order valence-electron chi connectivity index (χ1n) is 6.57. The third kappa shape index (κ3) is 16.4. The van der Waals surface area contributed by atoms with Crippen molar-refractivity contribution >= 4 is 0 Å². The van der Waals surface area contributed by atoms with Crippen molar-refractivity contribution in [3.8, 4) is 0 Å². The van der Waals surface area contributed by atoms with Crippen LogP contribution >= 0.6 is 0 Å². The van der Waals surface area contributed by atoms with Crippen molar-refractivity contribution in [2.45, 2.75) is 32.0 Å². The third-order valence-electron chi connectivity index (χ3n) is 2.46. The predicted molar refractivity (Wildman–Crippen MR) is 79.0 cm³/mol. The monoisotopic (exact) mass is 268 g/mol. The molecule has 2 unspecified atom stereocenters. The summed E-state index contributed by atoms with van der Waals surface area (Å²) in [4.78, 5) is 4.21. The first-order valence-corrected chi connectivity index (χ1v) is 6.57. The molecule has 0 N–H and O–H groups in total. The Hall–Kier alpha value is 0.437. The van der Waals surface area contributed by atoms with Crippen molar-refractivity contribution in [1.82, 2.24) is 9.80 Å². The molecule has 0 aromatic heterocycles. The molecule has 112 valence electrons. The number of likely N-dealkylation sites (N-methyl/N-ethyl adjacent to an activating group) is 2. The normalized spacial score (nSPS) is 13.6. The molecule has 0 fully saturated rings. The van der Waals surface area contributed by atoms with E-state index in [1.54, 1.807) is 14.2 Å². The molecule has 0 spiro atoms. The summed E-state index contributed by atoms with van der Waals surface area (Å²) in [5.74, 6) is 0. The molecule has 4 nitrogen and oxygen atoms in total. The summed E-state index contributed by atoms with van der Waals surface area (Å²) in [5, 5.41) is 0. The molecule has 19 heavy (non-hydrogen) atoms. The quantitative estimate of drug-likeness (QED) is 0.406. The Labute approximate surface area is 133 Å². The largest absolute Gasteiger partial charge is 1.00 e. The Morgan fingerprint density at radius 3 is 1.26 bits per heavy atom. The van der Waals surface area contributed by atoms with Gasteiger partial charge in [0.2, 0.25) is 0 Å². The Morgan fingerprint density at radius 1 is 0.895 bits per heavy atom. The van der Waals surface area contributed by atoms with Gasteiger partial charge in [-0.05, 0) is 28.2 Å². The second-order valence-corrected chi connectivity index (χ2v) is 4.93. The average molecular weight is 268 g/mol. The first-order chi connectivity index (χ1) is 8.42. The second-order valence-electron chi connectivity index (χ2n) is 4.93. The molecule has 0 radical (unpaired) electrons. The van der Waals surface area contributed by atoms with Gasteiger partial charge in [0.1, 0.15) is 0 Å². The van der Waals surface area contributed by atoms with Crippen LogP contribution in [0.5, 0.6) is 0 Å². The molecule has 0 aliphatic rings. The van der Waals surface area contributed by atoms with Crippen molar-refractivity contribution in [2.24, 2.45) is 0 Å². The van der Waals surface area contributed by atoms with Gasteiger partial charge in [0, 0.05) is 27.3 Å². The van der Waals surface area contributed by atoms with Crippen molar-refractivity contribution in [3.63, 3.8) is 0 Å². The van der Waals surface area contributed by atoms with Crippen LogP contribution in [0.2, 0.25) is 0 Å². The van der Waals surface area contributed by atoms with Crippen LogP contribution in [0.4, 0.5) is 0 Å². The minimum absolute atomic E-state index is 0. The Balaban J connectivity index is -0.000000448. The smallest absolute Gasteiger partial charge is 0.377 e. The van der Waals surface area contributed by atoms with E-state index in [1.165, 1.54) is 6.42 Å². The van der Waals surface area contributed by atoms with E-state index in [1.807, 2.05) is 28.2 Å². The number of unbranched alkanes of at least 4 members (excludes halogenated alkanes) is 1. The second kappa shape index (κ2) is 16.5. The maximum atomic E-state index is 5.42. The summed E-state index contributed by atoms with van der Waals surface area (Å²) in [6, 6.07) is 0. The van der Waals surface area contributed by atoms with E-state index < -0.39 is 0 Å². The number of hydrogen-bond donors (Lipinski definition) is 0. The van der Waals surface area contributed by atoms with Crippen LogP contribution in [0.25, 0.3) is 0 Å². The summed E-state index contributed by atoms with van der Waals surface area (Å²) in [6.45, 7) is 7.48. The van der Waals surface area contributed by atoms with Crippen LogP contribution in [0.15, 0.2) is 0 Å². The molecule has 0 bridgehead atoms. The first kappa shape index (κ1) is 24.5. The minimum atomic E-state index is 0. The van der Waals surface area contributed by atoms with Gasteiger partial charge in [0.15, 0.2) is 0 Å². The fraction of sp³-hybridized carbons (Fsp3) is 0.929. The van der Waals surface area contributed by atoms with Gasteiger partial charge in [0.05, 0.1) is 12.2 Å². The van der Waals surface area contributed by atoms with Crippen LogP contribution in [0.1, 0.15) is 19.8 Å². The summed E-state index contributed by atoms with van der Waals surface area (Å²) in [6.07, 6.45) is 2.52. The SMILES string of the molecule is COC(CN(C)C)C(CN(C)C)OC.[CH2-]CCC.[Li+]. The minimum Gasteiger partial charge on any atom is -0.377 e. The zero-order valence-corrected chi connectivity index (χ0v) is 14.4. The van der Waals surface area contributed by atoms with Gasteiger partial charge >= 0.3 is 18.9 Å². The molecular formula is C14H33LiN2O2. The topological polar surface area (TPSA) is 24.9 Å². The summed E-state index contributed by atoms with van der Waals surface area (Å²) < 4.78 is 10.8. The number of rotatable bonds is 8. The third-order valence-corrected chi connectivity index (χ3v) is 2.46. The van der Waals surface area contributed by atoms with E-state index in [2.05, 4.69) is 23.6 Å². The summed E-state index contributed by atoms with van der Waals surface area (Å²) >= 11 is 0. The van der Waals surface area contributed by atoms with Gasteiger partial charge in [-0.2, -0.15) is 6.42 Å². The number of methoxy groups -OCH3 is 2. The molecule has 0 amide bonds. The maximum Gasteiger partial charge on any atom is 1.00 e. The molecule has 0 aliphatic carbocycles. The number of nitrogens with zero attached hydrogens (tertiary/aromatic N) is 2. The van der Waals surface area contributed by atoms with Crippen LogP contribution in [-0.4, -0.2) is 77.5 Å². The van der Waals surface area contributed by atoms with E-state index in [-0.39, 0.29) is 31.1 Å². The van der Waals surface area contributed by atoms with E-state index in [0.717, 1.165) is 19.5 Å². The molecule has 5 heteroatoms. The van der Waals surface area contributed by atoms with Crippen LogP contribution < -0.4 is 18.9 Å². The van der Waals surface area contributed by atoms with Crippen molar-refractivity contribution in [1.29, 1.82) is 0 Å². The standard InChI is InChI=1S/C10H24N2O2.C4H9.Li/c1-11(2)7-9(13-5)10(14-6)8-12(3)4;1-3-4-2;/h9-10H,7-8H2,1-6H3;1,3-4H2,2H3;/q;-1;+1. The molecule has 0 aliphatic heterocycles. The fourth-order valence-electron chi connectivity index (χ4n) is 1.41. The number of ether oxygens (including phenoxy) is 2. The van der Waals surface area contributed by atoms with Crippen LogP contribution in [0, 0.1) is 6.92 Å². The van der Waals surface area contributed by atoms with E-state index in [0.29, 0.717) is 0 Å². The van der Waals surface area contributed by atoms with E-state index >= 15 is 0 Å². The number of hydrogen-bond acceptors (Lipinski definition) is 4. The van der Waals surface area contributed by atoms with Gasteiger partial charge in [-0.15, -0.1) is 0 Å². The molecular weight excluding hydrogens is 235 g/mol. The zero-order valence-electron chi connectivity index (χ0n) is 14.4. The Morgan fingerprint density at radius 2 is 1.16 bits per heavy atom. The van der Waals surface area contributed by atoms with Crippen molar-refractivity contribution in [3.05, 3.63) is 6.92 Å². The molecule has 0 heterocycles. The van der Waals surface area contributed by atoms with Crippen molar-refractivity contribution < 1.29 is 28.3 Å². The average Bonchev–Trinajstić information content (AvgIpc) is 2.33. The van der Waals surface area contributed by atoms with Crippen molar-refractivity contribution in [2.75, 3.05) is 55.5 Å². The van der Waals surface area contributed by atoms with Crippen LogP contribution in [-0.2, 0) is 9.47 Å². The van der Waals surface area contributed by atoms with Gasteiger partial charge < -0.3 is 26.2 Å². The molecule has 2 atom stereocenters. The molecule has 0 aromatic rings. The summed E-state index contributed by atoms with van der Waals surface area (Å²) in [5.41, 5.74) is 0.